The fraction of sp³-hybridized carbons (Fsp3) is 0.714. The molecule has 1 amide bonds. The van der Waals surface area contributed by atoms with Crippen LogP contribution in [0.25, 0.3) is 0 Å². The summed E-state index contributed by atoms with van der Waals surface area (Å²) in [6.45, 7) is 11.2. The number of likely N-dealkylation sites (tertiary alicyclic amines) is 1. The van der Waals surface area contributed by atoms with Gasteiger partial charge >= 0.3 is 0 Å². The van der Waals surface area contributed by atoms with Crippen LogP contribution < -0.4 is 4.90 Å². The summed E-state index contributed by atoms with van der Waals surface area (Å²) < 4.78 is 11.2. The van der Waals surface area contributed by atoms with Gasteiger partial charge in [-0.25, -0.2) is 4.98 Å². The molecule has 0 aliphatic carbocycles. The molecule has 4 heterocycles. The molecule has 1 aromatic rings. The van der Waals surface area contributed by atoms with Gasteiger partial charge in [0, 0.05) is 51.5 Å². The molecule has 154 valence electrons. The Balaban J connectivity index is 1.32. The van der Waals surface area contributed by atoms with E-state index in [2.05, 4.69) is 28.6 Å². The highest BCUT2D eigenvalue weighted by atomic mass is 16.5. The van der Waals surface area contributed by atoms with Crippen molar-refractivity contribution in [1.29, 1.82) is 0 Å². The first-order valence-corrected chi connectivity index (χ1v) is 10.6. The average Bonchev–Trinajstić information content (AvgIpc) is 2.73. The summed E-state index contributed by atoms with van der Waals surface area (Å²) in [6, 6.07) is 4.47. The fourth-order valence-corrected chi connectivity index (χ4v) is 4.62. The highest BCUT2D eigenvalue weighted by Crippen LogP contribution is 2.21. The Kier molecular flexibility index (Phi) is 6.13. The van der Waals surface area contributed by atoms with Crippen LogP contribution in [0.1, 0.15) is 37.0 Å². The largest absolute Gasteiger partial charge is 0.379 e. The van der Waals surface area contributed by atoms with Crippen LogP contribution in [-0.2, 0) is 9.47 Å². The molecule has 3 saturated heterocycles. The van der Waals surface area contributed by atoms with Crippen LogP contribution >= 0.6 is 0 Å². The molecule has 0 saturated carbocycles. The van der Waals surface area contributed by atoms with Crippen molar-refractivity contribution in [3.05, 3.63) is 23.9 Å². The number of hydrogen-bond donors (Lipinski definition) is 0. The van der Waals surface area contributed by atoms with E-state index >= 15 is 0 Å². The van der Waals surface area contributed by atoms with Crippen molar-refractivity contribution in [3.63, 3.8) is 0 Å². The van der Waals surface area contributed by atoms with E-state index in [1.807, 2.05) is 17.0 Å². The monoisotopic (exact) mass is 388 g/mol. The number of carbonyl (C=O) groups excluding carboxylic acids is 1. The van der Waals surface area contributed by atoms with Gasteiger partial charge in [-0.2, -0.15) is 0 Å². The van der Waals surface area contributed by atoms with Crippen molar-refractivity contribution >= 4 is 11.7 Å². The number of nitrogens with zero attached hydrogens (tertiary/aromatic N) is 4. The number of carbonyl (C=O) groups is 1. The summed E-state index contributed by atoms with van der Waals surface area (Å²) in [5.74, 6) is 1.02. The number of piperidine rings is 1. The van der Waals surface area contributed by atoms with Crippen LogP contribution in [0.5, 0.6) is 0 Å². The minimum atomic E-state index is 0.100. The molecule has 0 unspecified atom stereocenters. The summed E-state index contributed by atoms with van der Waals surface area (Å²) in [7, 11) is 0. The topological polar surface area (TPSA) is 58.1 Å². The molecule has 0 spiro atoms. The van der Waals surface area contributed by atoms with Crippen molar-refractivity contribution in [2.75, 3.05) is 57.4 Å². The van der Waals surface area contributed by atoms with E-state index in [0.717, 1.165) is 71.1 Å². The first kappa shape index (κ1) is 19.6. The summed E-state index contributed by atoms with van der Waals surface area (Å²) in [6.07, 6.45) is 4.21. The lowest BCUT2D eigenvalue weighted by Crippen LogP contribution is -2.50. The SMILES string of the molecule is C[C@@H]1CN(c2ccc(C(=O)N3CCC(N4CCOCC4)CC3)cn2)C[C@H](C)O1. The third kappa shape index (κ3) is 4.47. The van der Waals surface area contributed by atoms with Crippen molar-refractivity contribution in [1.82, 2.24) is 14.8 Å². The number of hydrogen-bond acceptors (Lipinski definition) is 6. The first-order valence-electron chi connectivity index (χ1n) is 10.6. The molecule has 7 heteroatoms. The Hall–Kier alpha value is -1.70. The number of anilines is 1. The molecule has 3 aliphatic heterocycles. The molecular formula is C21H32N4O3. The summed E-state index contributed by atoms with van der Waals surface area (Å²) in [5, 5.41) is 0. The minimum absolute atomic E-state index is 0.100. The Morgan fingerprint density at radius 2 is 1.71 bits per heavy atom. The van der Waals surface area contributed by atoms with E-state index in [1.165, 1.54) is 0 Å². The zero-order valence-electron chi connectivity index (χ0n) is 17.0. The zero-order chi connectivity index (χ0) is 19.5. The van der Waals surface area contributed by atoms with Crippen molar-refractivity contribution in [2.45, 2.75) is 44.9 Å². The van der Waals surface area contributed by atoms with E-state index in [-0.39, 0.29) is 18.1 Å². The molecule has 0 bridgehead atoms. The van der Waals surface area contributed by atoms with E-state index < -0.39 is 0 Å². The molecule has 1 aromatic heterocycles. The molecule has 2 atom stereocenters. The van der Waals surface area contributed by atoms with Gasteiger partial charge in [0.2, 0.25) is 0 Å². The molecule has 0 aromatic carbocycles. The quantitative estimate of drug-likeness (QED) is 0.785. The molecular weight excluding hydrogens is 356 g/mol. The maximum Gasteiger partial charge on any atom is 0.255 e. The van der Waals surface area contributed by atoms with Gasteiger partial charge in [0.05, 0.1) is 31.0 Å². The van der Waals surface area contributed by atoms with E-state index in [1.54, 1.807) is 6.20 Å². The van der Waals surface area contributed by atoms with Crippen molar-refractivity contribution in [2.24, 2.45) is 0 Å². The highest BCUT2D eigenvalue weighted by molar-refractivity contribution is 5.94. The van der Waals surface area contributed by atoms with Crippen molar-refractivity contribution in [3.8, 4) is 0 Å². The summed E-state index contributed by atoms with van der Waals surface area (Å²) in [4.78, 5) is 24.2. The van der Waals surface area contributed by atoms with E-state index in [9.17, 15) is 4.79 Å². The van der Waals surface area contributed by atoms with Gasteiger partial charge in [-0.3, -0.25) is 9.69 Å². The smallest absolute Gasteiger partial charge is 0.255 e. The van der Waals surface area contributed by atoms with Crippen LogP contribution in [0.2, 0.25) is 0 Å². The van der Waals surface area contributed by atoms with Gasteiger partial charge in [-0.05, 0) is 38.8 Å². The maximum absolute atomic E-state index is 12.9. The summed E-state index contributed by atoms with van der Waals surface area (Å²) >= 11 is 0. The molecule has 3 fully saturated rings. The third-order valence-electron chi connectivity index (χ3n) is 6.05. The van der Waals surface area contributed by atoms with Gasteiger partial charge in [-0.1, -0.05) is 0 Å². The summed E-state index contributed by atoms with van der Waals surface area (Å²) in [5.41, 5.74) is 0.683. The van der Waals surface area contributed by atoms with E-state index in [0.29, 0.717) is 11.6 Å². The van der Waals surface area contributed by atoms with Gasteiger partial charge in [-0.15, -0.1) is 0 Å². The molecule has 0 N–H and O–H groups in total. The number of pyridine rings is 1. The third-order valence-corrected chi connectivity index (χ3v) is 6.05. The first-order chi connectivity index (χ1) is 13.6. The van der Waals surface area contributed by atoms with Crippen LogP contribution in [0.3, 0.4) is 0 Å². The Morgan fingerprint density at radius 1 is 1.04 bits per heavy atom. The number of ether oxygens (including phenoxy) is 2. The van der Waals surface area contributed by atoms with Crippen LogP contribution in [0.15, 0.2) is 18.3 Å². The number of morpholine rings is 2. The number of amides is 1. The van der Waals surface area contributed by atoms with E-state index in [4.69, 9.17) is 9.47 Å². The molecule has 4 rings (SSSR count). The normalized spacial score (nSPS) is 27.8. The lowest BCUT2D eigenvalue weighted by Gasteiger charge is -2.40. The maximum atomic E-state index is 12.9. The van der Waals surface area contributed by atoms with Crippen LogP contribution in [-0.4, -0.2) is 91.4 Å². The average molecular weight is 389 g/mol. The van der Waals surface area contributed by atoms with Crippen molar-refractivity contribution < 1.29 is 14.3 Å². The number of aromatic nitrogens is 1. The standard InChI is InChI=1S/C21H32N4O3/c1-16-14-25(15-17(2)28-16)20-4-3-18(13-22-20)21(26)24-7-5-19(6-8-24)23-9-11-27-12-10-23/h3-4,13,16-17,19H,5-12,14-15H2,1-2H3/t16-,17+. The molecule has 28 heavy (non-hydrogen) atoms. The van der Waals surface area contributed by atoms with Crippen LogP contribution in [0.4, 0.5) is 5.82 Å². The minimum Gasteiger partial charge on any atom is -0.379 e. The second kappa shape index (κ2) is 8.76. The Labute approximate surface area is 167 Å². The lowest BCUT2D eigenvalue weighted by atomic mass is 10.0. The predicted octanol–water partition coefficient (Wildman–Crippen LogP) is 1.63. The zero-order valence-corrected chi connectivity index (χ0v) is 17.0. The second-order valence-electron chi connectivity index (χ2n) is 8.24. The van der Waals surface area contributed by atoms with Gasteiger partial charge in [0.1, 0.15) is 5.82 Å². The fourth-order valence-electron chi connectivity index (χ4n) is 4.62. The Morgan fingerprint density at radius 3 is 2.32 bits per heavy atom. The van der Waals surface area contributed by atoms with Crippen LogP contribution in [0, 0.1) is 0 Å². The Bertz CT molecular complexity index is 644. The van der Waals surface area contributed by atoms with Gasteiger partial charge in [0.25, 0.3) is 5.91 Å². The predicted molar refractivity (Wildman–Crippen MR) is 108 cm³/mol. The molecule has 0 radical (unpaired) electrons. The highest BCUT2D eigenvalue weighted by Gasteiger charge is 2.29. The molecule has 3 aliphatic rings. The molecule has 7 nitrogen and oxygen atoms in total. The second-order valence-corrected chi connectivity index (χ2v) is 8.24. The van der Waals surface area contributed by atoms with Gasteiger partial charge in [0.15, 0.2) is 0 Å². The lowest BCUT2D eigenvalue weighted by molar-refractivity contribution is -0.00547. The number of rotatable bonds is 3. The van der Waals surface area contributed by atoms with Gasteiger partial charge < -0.3 is 19.3 Å².